The fourth-order valence-corrected chi connectivity index (χ4v) is 2.76. The molecule has 0 aromatic carbocycles. The summed E-state index contributed by atoms with van der Waals surface area (Å²) in [5.74, 6) is 0.987. The molecule has 3 aromatic heterocycles. The van der Waals surface area contributed by atoms with Crippen LogP contribution in [0.3, 0.4) is 0 Å². The van der Waals surface area contributed by atoms with Gasteiger partial charge >= 0.3 is 0 Å². The number of carbonyl (C=O) groups excluding carboxylic acids is 1. The first-order valence-electron chi connectivity index (χ1n) is 7.47. The molecule has 0 saturated heterocycles. The summed E-state index contributed by atoms with van der Waals surface area (Å²) in [5.41, 5.74) is 3.48. The van der Waals surface area contributed by atoms with Crippen LogP contribution < -0.4 is 5.32 Å². The van der Waals surface area contributed by atoms with Crippen molar-refractivity contribution in [1.82, 2.24) is 35.7 Å². The molecule has 3 N–H and O–H groups in total. The molecule has 0 radical (unpaired) electrons. The summed E-state index contributed by atoms with van der Waals surface area (Å²) in [7, 11) is 0. The molecule has 1 aliphatic carbocycles. The fourth-order valence-electron chi connectivity index (χ4n) is 2.76. The van der Waals surface area contributed by atoms with E-state index in [-0.39, 0.29) is 12.5 Å². The van der Waals surface area contributed by atoms with E-state index in [9.17, 15) is 4.79 Å². The smallest absolute Gasteiger partial charge is 0.272 e. The molecule has 1 amide bonds. The van der Waals surface area contributed by atoms with E-state index in [2.05, 4.69) is 35.7 Å². The maximum Gasteiger partial charge on any atom is 0.272 e. The van der Waals surface area contributed by atoms with Gasteiger partial charge in [0.25, 0.3) is 5.91 Å². The van der Waals surface area contributed by atoms with Crippen molar-refractivity contribution in [2.24, 2.45) is 0 Å². The molecule has 23 heavy (non-hydrogen) atoms. The van der Waals surface area contributed by atoms with Gasteiger partial charge in [0.1, 0.15) is 5.82 Å². The van der Waals surface area contributed by atoms with Gasteiger partial charge in [-0.25, -0.2) is 4.98 Å². The number of amides is 1. The third kappa shape index (κ3) is 2.59. The van der Waals surface area contributed by atoms with Gasteiger partial charge in [0.05, 0.1) is 6.54 Å². The molecule has 0 saturated carbocycles. The summed E-state index contributed by atoms with van der Waals surface area (Å²) in [6, 6.07) is 3.66. The van der Waals surface area contributed by atoms with Crippen molar-refractivity contribution in [3.63, 3.8) is 0 Å². The Morgan fingerprint density at radius 3 is 2.91 bits per heavy atom. The molecule has 0 fully saturated rings. The minimum absolute atomic E-state index is 0.189. The highest BCUT2D eigenvalue weighted by molar-refractivity contribution is 5.94. The average molecular weight is 309 g/mol. The number of pyridine rings is 1. The van der Waals surface area contributed by atoms with Crippen molar-refractivity contribution in [1.29, 1.82) is 0 Å². The van der Waals surface area contributed by atoms with E-state index in [1.54, 1.807) is 12.4 Å². The van der Waals surface area contributed by atoms with Crippen LogP contribution in [0.4, 0.5) is 0 Å². The van der Waals surface area contributed by atoms with Crippen LogP contribution in [0.15, 0.2) is 24.5 Å². The van der Waals surface area contributed by atoms with Crippen LogP contribution in [0.2, 0.25) is 0 Å². The largest absolute Gasteiger partial charge is 0.343 e. The van der Waals surface area contributed by atoms with Gasteiger partial charge in [0.15, 0.2) is 11.5 Å². The second kappa shape index (κ2) is 5.64. The van der Waals surface area contributed by atoms with Gasteiger partial charge < -0.3 is 5.32 Å². The molecular weight excluding hydrogens is 294 g/mol. The second-order valence-corrected chi connectivity index (χ2v) is 5.41. The monoisotopic (exact) mass is 309 g/mol. The van der Waals surface area contributed by atoms with E-state index in [1.165, 1.54) is 0 Å². The van der Waals surface area contributed by atoms with Crippen molar-refractivity contribution in [2.45, 2.75) is 25.8 Å². The predicted octanol–water partition coefficient (Wildman–Crippen LogP) is 1.01. The number of H-pyrrole nitrogens is 2. The van der Waals surface area contributed by atoms with Crippen LogP contribution in [0, 0.1) is 0 Å². The quantitative estimate of drug-likeness (QED) is 0.666. The van der Waals surface area contributed by atoms with Gasteiger partial charge in [-0.3, -0.25) is 20.0 Å². The highest BCUT2D eigenvalue weighted by Crippen LogP contribution is 2.22. The summed E-state index contributed by atoms with van der Waals surface area (Å²) in [6.45, 7) is 0.276. The summed E-state index contributed by atoms with van der Waals surface area (Å²) < 4.78 is 0. The fraction of sp³-hybridized carbons (Fsp3) is 0.267. The second-order valence-electron chi connectivity index (χ2n) is 5.41. The van der Waals surface area contributed by atoms with Crippen LogP contribution >= 0.6 is 0 Å². The number of hydrogen-bond donors (Lipinski definition) is 3. The molecule has 0 unspecified atom stereocenters. The zero-order valence-corrected chi connectivity index (χ0v) is 12.3. The van der Waals surface area contributed by atoms with Gasteiger partial charge in [-0.05, 0) is 31.4 Å². The third-order valence-corrected chi connectivity index (χ3v) is 3.91. The lowest BCUT2D eigenvalue weighted by atomic mass is 10.2. The number of nitrogens with one attached hydrogen (secondary N) is 3. The topological polar surface area (TPSA) is 112 Å². The first-order chi connectivity index (χ1) is 11.3. The van der Waals surface area contributed by atoms with Gasteiger partial charge in [-0.15, -0.1) is 0 Å². The standard InChI is InChI=1S/C15H15N7O/c23-15(13-10-2-1-3-11(10)19-21-13)17-8-12-18-14(22-20-12)9-4-6-16-7-5-9/h4-7H,1-3,8H2,(H,17,23)(H,19,21)(H,18,20,22). The van der Waals surface area contributed by atoms with Gasteiger partial charge in [0.2, 0.25) is 0 Å². The number of aromatic nitrogens is 6. The van der Waals surface area contributed by atoms with Crippen molar-refractivity contribution < 1.29 is 4.79 Å². The molecule has 3 aromatic rings. The van der Waals surface area contributed by atoms with Crippen LogP contribution in [0.25, 0.3) is 11.4 Å². The molecule has 0 atom stereocenters. The Balaban J connectivity index is 1.43. The minimum Gasteiger partial charge on any atom is -0.343 e. The number of aromatic amines is 2. The zero-order valence-electron chi connectivity index (χ0n) is 12.3. The Hall–Kier alpha value is -3.03. The number of nitrogens with zero attached hydrogens (tertiary/aromatic N) is 4. The molecule has 1 aliphatic rings. The van der Waals surface area contributed by atoms with Crippen LogP contribution in [0.5, 0.6) is 0 Å². The van der Waals surface area contributed by atoms with Crippen molar-refractivity contribution in [3.05, 3.63) is 47.3 Å². The molecule has 116 valence electrons. The summed E-state index contributed by atoms with van der Waals surface area (Å²) in [4.78, 5) is 20.6. The molecule has 8 nitrogen and oxygen atoms in total. The lowest BCUT2D eigenvalue weighted by Gasteiger charge is -2.01. The van der Waals surface area contributed by atoms with E-state index in [0.29, 0.717) is 17.3 Å². The Morgan fingerprint density at radius 2 is 2.04 bits per heavy atom. The lowest BCUT2D eigenvalue weighted by molar-refractivity contribution is 0.0944. The summed E-state index contributed by atoms with van der Waals surface area (Å²) in [5, 5.41) is 16.9. The van der Waals surface area contributed by atoms with Crippen molar-refractivity contribution in [2.75, 3.05) is 0 Å². The zero-order chi connectivity index (χ0) is 15.6. The van der Waals surface area contributed by atoms with E-state index < -0.39 is 0 Å². The predicted molar refractivity (Wildman–Crippen MR) is 81.4 cm³/mol. The van der Waals surface area contributed by atoms with E-state index in [1.807, 2.05) is 12.1 Å². The van der Waals surface area contributed by atoms with Crippen LogP contribution in [-0.2, 0) is 19.4 Å². The number of hydrogen-bond acceptors (Lipinski definition) is 5. The Morgan fingerprint density at radius 1 is 1.17 bits per heavy atom. The molecule has 0 spiro atoms. The number of carbonyl (C=O) groups is 1. The van der Waals surface area contributed by atoms with Gasteiger partial charge in [-0.2, -0.15) is 10.2 Å². The molecule has 0 bridgehead atoms. The van der Waals surface area contributed by atoms with E-state index in [0.717, 1.165) is 36.1 Å². The first-order valence-corrected chi connectivity index (χ1v) is 7.47. The van der Waals surface area contributed by atoms with Crippen molar-refractivity contribution >= 4 is 5.91 Å². The Labute approximate surface area is 131 Å². The average Bonchev–Trinajstić information content (AvgIpc) is 3.29. The molecular formula is C15H15N7O. The SMILES string of the molecule is O=C(NCc1nc(-c2ccncc2)n[nH]1)c1n[nH]c2c1CCC2. The summed E-state index contributed by atoms with van der Waals surface area (Å²) >= 11 is 0. The normalized spacial score (nSPS) is 13.0. The molecule has 3 heterocycles. The Bertz CT molecular complexity index is 837. The molecule has 0 aliphatic heterocycles. The third-order valence-electron chi connectivity index (χ3n) is 3.91. The van der Waals surface area contributed by atoms with E-state index in [4.69, 9.17) is 0 Å². The minimum atomic E-state index is -0.189. The maximum absolute atomic E-state index is 12.3. The summed E-state index contributed by atoms with van der Waals surface area (Å²) in [6.07, 6.45) is 6.31. The Kier molecular flexibility index (Phi) is 3.34. The van der Waals surface area contributed by atoms with Gasteiger partial charge in [-0.1, -0.05) is 0 Å². The highest BCUT2D eigenvalue weighted by atomic mass is 16.1. The van der Waals surface area contributed by atoms with E-state index >= 15 is 0 Å². The number of fused-ring (bicyclic) bond motifs is 1. The van der Waals surface area contributed by atoms with Crippen LogP contribution in [0.1, 0.15) is 34.0 Å². The molecule has 8 heteroatoms. The first kappa shape index (κ1) is 13.6. The van der Waals surface area contributed by atoms with Gasteiger partial charge in [0, 0.05) is 29.2 Å². The number of aryl methyl sites for hydroxylation is 1. The lowest BCUT2D eigenvalue weighted by Crippen LogP contribution is -2.24. The van der Waals surface area contributed by atoms with Crippen LogP contribution in [-0.4, -0.2) is 36.3 Å². The highest BCUT2D eigenvalue weighted by Gasteiger charge is 2.22. The number of rotatable bonds is 4. The van der Waals surface area contributed by atoms with Crippen molar-refractivity contribution in [3.8, 4) is 11.4 Å². The molecule has 4 rings (SSSR count). The maximum atomic E-state index is 12.3.